The van der Waals surface area contributed by atoms with Gasteiger partial charge in [0.2, 0.25) is 0 Å². The topological polar surface area (TPSA) is 30.7 Å². The van der Waals surface area contributed by atoms with Gasteiger partial charge in [-0.2, -0.15) is 0 Å². The first kappa shape index (κ1) is 13.8. The van der Waals surface area contributed by atoms with E-state index in [0.717, 1.165) is 16.3 Å². The van der Waals surface area contributed by atoms with E-state index in [9.17, 15) is 4.79 Å². The molecule has 2 aromatic carbocycles. The number of nitrogens with zero attached hydrogens (tertiary/aromatic N) is 1. The molecule has 0 N–H and O–H groups in total. The number of rotatable bonds is 3. The largest absolute Gasteiger partial charge is 0.471 e. The van der Waals surface area contributed by atoms with Gasteiger partial charge in [0.15, 0.2) is 0 Å². The SMILES string of the molecule is [C-]#[N+]C(C(=O)OCC)=C(C)c1cccc2ccccc12. The summed E-state index contributed by atoms with van der Waals surface area (Å²) in [5, 5.41) is 2.11. The molecular formula is C17H15NO2. The fourth-order valence-corrected chi connectivity index (χ4v) is 2.16. The summed E-state index contributed by atoms with van der Waals surface area (Å²) in [6, 6.07) is 13.8. The number of ether oxygens (including phenoxy) is 1. The maximum absolute atomic E-state index is 11.8. The zero-order chi connectivity index (χ0) is 14.5. The number of benzene rings is 2. The molecule has 0 fully saturated rings. The van der Waals surface area contributed by atoms with Crippen LogP contribution in [-0.4, -0.2) is 12.6 Å². The Bertz CT molecular complexity index is 718. The highest BCUT2D eigenvalue weighted by molar-refractivity contribution is 6.03. The summed E-state index contributed by atoms with van der Waals surface area (Å²) >= 11 is 0. The lowest BCUT2D eigenvalue weighted by Crippen LogP contribution is -2.06. The van der Waals surface area contributed by atoms with Crippen LogP contribution < -0.4 is 0 Å². The van der Waals surface area contributed by atoms with Crippen LogP contribution in [0.2, 0.25) is 0 Å². The molecule has 0 amide bonds. The Balaban J connectivity index is 2.63. The molecule has 2 aromatic rings. The Morgan fingerprint density at radius 2 is 1.90 bits per heavy atom. The average Bonchev–Trinajstić information content (AvgIpc) is 2.47. The third-order valence-electron chi connectivity index (χ3n) is 3.13. The van der Waals surface area contributed by atoms with Crippen molar-refractivity contribution in [2.45, 2.75) is 13.8 Å². The Morgan fingerprint density at radius 3 is 2.60 bits per heavy atom. The summed E-state index contributed by atoms with van der Waals surface area (Å²) in [5.41, 5.74) is 1.58. The number of carbonyl (C=O) groups excluding carboxylic acids is 1. The van der Waals surface area contributed by atoms with E-state index >= 15 is 0 Å². The standard InChI is InChI=1S/C17H15NO2/c1-4-20-17(19)16(18-3)12(2)14-11-7-9-13-8-5-6-10-15(13)14/h5-11H,4H2,1-2H3. The molecule has 0 heterocycles. The second-order valence-electron chi connectivity index (χ2n) is 4.33. The number of esters is 1. The van der Waals surface area contributed by atoms with E-state index in [1.54, 1.807) is 13.8 Å². The second kappa shape index (κ2) is 6.03. The minimum Gasteiger partial charge on any atom is -0.471 e. The van der Waals surface area contributed by atoms with E-state index < -0.39 is 5.97 Å². The van der Waals surface area contributed by atoms with Crippen molar-refractivity contribution in [3.63, 3.8) is 0 Å². The lowest BCUT2D eigenvalue weighted by molar-refractivity contribution is -0.138. The predicted molar refractivity (Wildman–Crippen MR) is 79.8 cm³/mol. The Labute approximate surface area is 118 Å². The van der Waals surface area contributed by atoms with Gasteiger partial charge < -0.3 is 4.74 Å². The molecule has 0 spiro atoms. The van der Waals surface area contributed by atoms with Crippen molar-refractivity contribution in [3.05, 3.63) is 65.1 Å². The van der Waals surface area contributed by atoms with E-state index in [0.29, 0.717) is 5.57 Å². The van der Waals surface area contributed by atoms with Crippen molar-refractivity contribution < 1.29 is 9.53 Å². The molecule has 2 rings (SSSR count). The maximum atomic E-state index is 11.8. The van der Waals surface area contributed by atoms with Gasteiger partial charge in [-0.05, 0) is 35.8 Å². The number of hydrogen-bond donors (Lipinski definition) is 0. The van der Waals surface area contributed by atoms with Crippen molar-refractivity contribution in [2.24, 2.45) is 0 Å². The number of hydrogen-bond acceptors (Lipinski definition) is 2. The first-order valence-electron chi connectivity index (χ1n) is 6.42. The van der Waals surface area contributed by atoms with Crippen LogP contribution in [0, 0.1) is 6.57 Å². The Kier molecular flexibility index (Phi) is 4.17. The van der Waals surface area contributed by atoms with Crippen molar-refractivity contribution in [1.29, 1.82) is 0 Å². The smallest absolute Gasteiger partial charge is 0.336 e. The summed E-state index contributed by atoms with van der Waals surface area (Å²) in [6.45, 7) is 11.0. The maximum Gasteiger partial charge on any atom is 0.336 e. The fourth-order valence-electron chi connectivity index (χ4n) is 2.16. The van der Waals surface area contributed by atoms with Crippen LogP contribution in [0.4, 0.5) is 0 Å². The molecule has 0 saturated carbocycles. The molecule has 0 atom stereocenters. The minimum atomic E-state index is -0.562. The molecule has 100 valence electrons. The number of carbonyl (C=O) groups is 1. The molecule has 0 radical (unpaired) electrons. The summed E-state index contributed by atoms with van der Waals surface area (Å²) in [6.07, 6.45) is 0. The highest BCUT2D eigenvalue weighted by Gasteiger charge is 2.16. The van der Waals surface area contributed by atoms with Crippen LogP contribution in [0.5, 0.6) is 0 Å². The number of allylic oxidation sites excluding steroid dienone is 1. The molecule has 0 aliphatic rings. The Hall–Kier alpha value is -2.60. The van der Waals surface area contributed by atoms with Gasteiger partial charge in [0.1, 0.15) is 0 Å². The zero-order valence-electron chi connectivity index (χ0n) is 11.5. The lowest BCUT2D eigenvalue weighted by Gasteiger charge is -2.09. The van der Waals surface area contributed by atoms with Crippen LogP contribution in [0.15, 0.2) is 48.2 Å². The van der Waals surface area contributed by atoms with E-state index in [2.05, 4.69) is 4.85 Å². The Morgan fingerprint density at radius 1 is 1.20 bits per heavy atom. The third-order valence-corrected chi connectivity index (χ3v) is 3.13. The fraction of sp³-hybridized carbons (Fsp3) is 0.176. The van der Waals surface area contributed by atoms with Gasteiger partial charge in [-0.15, -0.1) is 0 Å². The molecule has 3 nitrogen and oxygen atoms in total. The van der Waals surface area contributed by atoms with Gasteiger partial charge in [0.25, 0.3) is 5.70 Å². The van der Waals surface area contributed by atoms with E-state index in [1.807, 2.05) is 42.5 Å². The predicted octanol–water partition coefficient (Wildman–Crippen LogP) is 4.05. The van der Waals surface area contributed by atoms with Crippen molar-refractivity contribution >= 4 is 22.3 Å². The van der Waals surface area contributed by atoms with Gasteiger partial charge in [-0.3, -0.25) is 4.79 Å². The summed E-state index contributed by atoms with van der Waals surface area (Å²) in [5.74, 6) is -0.562. The van der Waals surface area contributed by atoms with E-state index in [1.165, 1.54) is 0 Å². The molecule has 0 aromatic heterocycles. The molecule has 0 aliphatic heterocycles. The van der Waals surface area contributed by atoms with Gasteiger partial charge in [0.05, 0.1) is 13.2 Å². The summed E-state index contributed by atoms with van der Waals surface area (Å²) < 4.78 is 4.94. The summed E-state index contributed by atoms with van der Waals surface area (Å²) in [4.78, 5) is 15.2. The molecule has 0 bridgehead atoms. The first-order chi connectivity index (χ1) is 9.69. The van der Waals surface area contributed by atoms with Gasteiger partial charge in [-0.1, -0.05) is 42.5 Å². The normalized spacial score (nSPS) is 11.7. The lowest BCUT2D eigenvalue weighted by atomic mass is 9.98. The molecule has 20 heavy (non-hydrogen) atoms. The highest BCUT2D eigenvalue weighted by atomic mass is 16.5. The second-order valence-corrected chi connectivity index (χ2v) is 4.33. The van der Waals surface area contributed by atoms with E-state index in [-0.39, 0.29) is 12.3 Å². The van der Waals surface area contributed by atoms with Crippen molar-refractivity contribution in [2.75, 3.05) is 6.61 Å². The molecule has 0 unspecified atom stereocenters. The van der Waals surface area contributed by atoms with Crippen LogP contribution >= 0.6 is 0 Å². The third kappa shape index (κ3) is 2.55. The van der Waals surface area contributed by atoms with Gasteiger partial charge in [-0.25, -0.2) is 4.85 Å². The highest BCUT2D eigenvalue weighted by Crippen LogP contribution is 2.27. The van der Waals surface area contributed by atoms with Crippen LogP contribution in [0.25, 0.3) is 21.2 Å². The van der Waals surface area contributed by atoms with Gasteiger partial charge in [0, 0.05) is 0 Å². The average molecular weight is 265 g/mol. The molecule has 0 aliphatic carbocycles. The molecule has 3 heteroatoms. The minimum absolute atomic E-state index is 0.0446. The molecule has 0 saturated heterocycles. The monoisotopic (exact) mass is 265 g/mol. The molecular weight excluding hydrogens is 250 g/mol. The first-order valence-corrected chi connectivity index (χ1v) is 6.42. The zero-order valence-corrected chi connectivity index (χ0v) is 11.5. The van der Waals surface area contributed by atoms with Crippen LogP contribution in [0.1, 0.15) is 19.4 Å². The van der Waals surface area contributed by atoms with E-state index in [4.69, 9.17) is 11.3 Å². The quantitative estimate of drug-likeness (QED) is 0.476. The van der Waals surface area contributed by atoms with Gasteiger partial charge >= 0.3 is 5.97 Å². The van der Waals surface area contributed by atoms with Crippen molar-refractivity contribution in [1.82, 2.24) is 0 Å². The van der Waals surface area contributed by atoms with Crippen LogP contribution in [-0.2, 0) is 9.53 Å². The summed E-state index contributed by atoms with van der Waals surface area (Å²) in [7, 11) is 0. The number of fused-ring (bicyclic) bond motifs is 1. The van der Waals surface area contributed by atoms with Crippen molar-refractivity contribution in [3.8, 4) is 0 Å². The van der Waals surface area contributed by atoms with Crippen LogP contribution in [0.3, 0.4) is 0 Å².